The first-order valence-corrected chi connectivity index (χ1v) is 7.27. The van der Waals surface area contributed by atoms with Crippen molar-refractivity contribution in [3.8, 4) is 0 Å². The minimum absolute atomic E-state index is 0.0646. The van der Waals surface area contributed by atoms with E-state index in [0.717, 1.165) is 30.5 Å². The lowest BCUT2D eigenvalue weighted by Gasteiger charge is -2.27. The molecule has 0 aromatic heterocycles. The van der Waals surface area contributed by atoms with Crippen molar-refractivity contribution in [1.82, 2.24) is 10.2 Å². The van der Waals surface area contributed by atoms with Crippen molar-refractivity contribution in [2.45, 2.75) is 19.4 Å². The van der Waals surface area contributed by atoms with Gasteiger partial charge in [0.2, 0.25) is 0 Å². The molecule has 0 spiro atoms. The summed E-state index contributed by atoms with van der Waals surface area (Å²) >= 11 is 9.30. The van der Waals surface area contributed by atoms with Gasteiger partial charge in [0, 0.05) is 28.6 Å². The van der Waals surface area contributed by atoms with Gasteiger partial charge >= 0.3 is 0 Å². The fourth-order valence-corrected chi connectivity index (χ4v) is 3.14. The van der Waals surface area contributed by atoms with Gasteiger partial charge in [-0.05, 0) is 54.0 Å². The summed E-state index contributed by atoms with van der Waals surface area (Å²) in [5.74, 6) is 0.0646. The number of rotatable bonds is 3. The summed E-state index contributed by atoms with van der Waals surface area (Å²) in [6.45, 7) is 4.60. The van der Waals surface area contributed by atoms with Crippen molar-refractivity contribution in [3.05, 3.63) is 33.3 Å². The van der Waals surface area contributed by atoms with Crippen molar-refractivity contribution >= 4 is 33.4 Å². The molecule has 2 rings (SSSR count). The van der Waals surface area contributed by atoms with Gasteiger partial charge in [-0.3, -0.25) is 4.79 Å². The number of likely N-dealkylation sites (N-methyl/N-ethyl adjacent to an activating group) is 1. The van der Waals surface area contributed by atoms with Crippen molar-refractivity contribution in [1.29, 1.82) is 0 Å². The molecule has 18 heavy (non-hydrogen) atoms. The lowest BCUT2D eigenvalue weighted by atomic mass is 10.1. The molecule has 98 valence electrons. The number of amides is 1. The van der Waals surface area contributed by atoms with Crippen molar-refractivity contribution < 1.29 is 4.79 Å². The van der Waals surface area contributed by atoms with Crippen LogP contribution in [0.4, 0.5) is 0 Å². The molecule has 0 radical (unpaired) electrons. The molecule has 1 aliphatic rings. The van der Waals surface area contributed by atoms with Crippen LogP contribution in [0.1, 0.15) is 23.7 Å². The van der Waals surface area contributed by atoms with Crippen LogP contribution in [0, 0.1) is 0 Å². The molecular formula is C13H16BrClN2O. The van der Waals surface area contributed by atoms with E-state index in [4.69, 9.17) is 11.6 Å². The van der Waals surface area contributed by atoms with E-state index in [1.54, 1.807) is 18.2 Å². The zero-order chi connectivity index (χ0) is 13.1. The topological polar surface area (TPSA) is 32.3 Å². The molecule has 1 atom stereocenters. The zero-order valence-corrected chi connectivity index (χ0v) is 12.6. The van der Waals surface area contributed by atoms with E-state index < -0.39 is 0 Å². The predicted molar refractivity (Wildman–Crippen MR) is 77.1 cm³/mol. The standard InChI is InChI=1S/C13H16BrClN2O/c1-2-17(10-5-6-16-8-10)13(18)11-4-3-9(15)7-12(11)14/h3-4,7,10,16H,2,5-6,8H2,1H3. The second kappa shape index (κ2) is 6.04. The fourth-order valence-electron chi connectivity index (χ4n) is 2.29. The summed E-state index contributed by atoms with van der Waals surface area (Å²) in [7, 11) is 0. The Bertz CT molecular complexity index is 447. The van der Waals surface area contributed by atoms with E-state index in [-0.39, 0.29) is 5.91 Å². The first-order chi connectivity index (χ1) is 8.63. The third-order valence-electron chi connectivity index (χ3n) is 3.24. The maximum atomic E-state index is 12.5. The van der Waals surface area contributed by atoms with Gasteiger partial charge in [-0.25, -0.2) is 0 Å². The molecular weight excluding hydrogens is 316 g/mol. The highest BCUT2D eigenvalue weighted by atomic mass is 79.9. The lowest BCUT2D eigenvalue weighted by Crippen LogP contribution is -2.41. The quantitative estimate of drug-likeness (QED) is 0.923. The fraction of sp³-hybridized carbons (Fsp3) is 0.462. The van der Waals surface area contributed by atoms with Crippen LogP contribution >= 0.6 is 27.5 Å². The number of carbonyl (C=O) groups is 1. The van der Waals surface area contributed by atoms with Crippen LogP contribution in [0.15, 0.2) is 22.7 Å². The molecule has 5 heteroatoms. The number of hydrogen-bond donors (Lipinski definition) is 1. The maximum Gasteiger partial charge on any atom is 0.255 e. The van der Waals surface area contributed by atoms with Crippen LogP contribution in [-0.4, -0.2) is 36.5 Å². The van der Waals surface area contributed by atoms with Gasteiger partial charge in [0.15, 0.2) is 0 Å². The Balaban J connectivity index is 2.22. The summed E-state index contributed by atoms with van der Waals surface area (Å²) in [6, 6.07) is 5.58. The number of hydrogen-bond acceptors (Lipinski definition) is 2. The molecule has 1 aromatic rings. The smallest absolute Gasteiger partial charge is 0.255 e. The summed E-state index contributed by atoms with van der Waals surface area (Å²) < 4.78 is 0.754. The number of benzene rings is 1. The average molecular weight is 332 g/mol. The van der Waals surface area contributed by atoms with Gasteiger partial charge in [0.05, 0.1) is 5.56 Å². The van der Waals surface area contributed by atoms with E-state index in [1.807, 2.05) is 11.8 Å². The van der Waals surface area contributed by atoms with E-state index in [1.165, 1.54) is 0 Å². The predicted octanol–water partition coefficient (Wildman–Crippen LogP) is 2.93. The van der Waals surface area contributed by atoms with Crippen LogP contribution < -0.4 is 5.32 Å². The minimum Gasteiger partial charge on any atom is -0.335 e. The van der Waals surface area contributed by atoms with Crippen molar-refractivity contribution in [2.75, 3.05) is 19.6 Å². The van der Waals surface area contributed by atoms with E-state index in [2.05, 4.69) is 21.2 Å². The molecule has 1 unspecified atom stereocenters. The minimum atomic E-state index is 0.0646. The third kappa shape index (κ3) is 2.87. The molecule has 1 fully saturated rings. The highest BCUT2D eigenvalue weighted by Gasteiger charge is 2.26. The van der Waals surface area contributed by atoms with Crippen molar-refractivity contribution in [2.24, 2.45) is 0 Å². The Morgan fingerprint density at radius 1 is 1.61 bits per heavy atom. The first-order valence-electron chi connectivity index (χ1n) is 6.10. The van der Waals surface area contributed by atoms with Crippen LogP contribution in [0.25, 0.3) is 0 Å². The van der Waals surface area contributed by atoms with E-state index in [0.29, 0.717) is 16.6 Å². The molecule has 1 aliphatic heterocycles. The SMILES string of the molecule is CCN(C(=O)c1ccc(Cl)cc1Br)C1CCNC1. The summed E-state index contributed by atoms with van der Waals surface area (Å²) in [6.07, 6.45) is 1.02. The molecule has 1 saturated heterocycles. The lowest BCUT2D eigenvalue weighted by molar-refractivity contribution is 0.0703. The van der Waals surface area contributed by atoms with Gasteiger partial charge in [-0.1, -0.05) is 11.6 Å². The molecule has 1 N–H and O–H groups in total. The van der Waals surface area contributed by atoms with Gasteiger partial charge in [-0.15, -0.1) is 0 Å². The van der Waals surface area contributed by atoms with Gasteiger partial charge in [-0.2, -0.15) is 0 Å². The number of nitrogens with zero attached hydrogens (tertiary/aromatic N) is 1. The van der Waals surface area contributed by atoms with Crippen LogP contribution in [0.3, 0.4) is 0 Å². The molecule has 0 bridgehead atoms. The number of nitrogens with one attached hydrogen (secondary N) is 1. The monoisotopic (exact) mass is 330 g/mol. The van der Waals surface area contributed by atoms with Gasteiger partial charge in [0.25, 0.3) is 5.91 Å². The Labute approximate surface area is 121 Å². The number of halogens is 2. The molecule has 1 amide bonds. The first kappa shape index (κ1) is 13.8. The normalized spacial score (nSPS) is 18.9. The second-order valence-corrected chi connectivity index (χ2v) is 5.65. The van der Waals surface area contributed by atoms with Gasteiger partial charge < -0.3 is 10.2 Å². The van der Waals surface area contributed by atoms with Crippen LogP contribution in [0.5, 0.6) is 0 Å². The second-order valence-electron chi connectivity index (χ2n) is 4.36. The van der Waals surface area contributed by atoms with Crippen LogP contribution in [0.2, 0.25) is 5.02 Å². The zero-order valence-electron chi connectivity index (χ0n) is 10.2. The van der Waals surface area contributed by atoms with Gasteiger partial charge in [0.1, 0.15) is 0 Å². The molecule has 3 nitrogen and oxygen atoms in total. The summed E-state index contributed by atoms with van der Waals surface area (Å²) in [4.78, 5) is 14.4. The largest absolute Gasteiger partial charge is 0.335 e. The molecule has 1 aromatic carbocycles. The van der Waals surface area contributed by atoms with Crippen molar-refractivity contribution in [3.63, 3.8) is 0 Å². The maximum absolute atomic E-state index is 12.5. The Morgan fingerprint density at radius 3 is 2.94 bits per heavy atom. The molecule has 0 aliphatic carbocycles. The highest BCUT2D eigenvalue weighted by Crippen LogP contribution is 2.24. The average Bonchev–Trinajstić information content (AvgIpc) is 2.83. The third-order valence-corrected chi connectivity index (χ3v) is 4.13. The Morgan fingerprint density at radius 2 is 2.39 bits per heavy atom. The molecule has 1 heterocycles. The highest BCUT2D eigenvalue weighted by molar-refractivity contribution is 9.10. The summed E-state index contributed by atoms with van der Waals surface area (Å²) in [5.41, 5.74) is 0.674. The number of carbonyl (C=O) groups excluding carboxylic acids is 1. The Hall–Kier alpha value is -0.580. The van der Waals surface area contributed by atoms with E-state index in [9.17, 15) is 4.79 Å². The van der Waals surface area contributed by atoms with Crippen LogP contribution in [-0.2, 0) is 0 Å². The molecule has 0 saturated carbocycles. The van der Waals surface area contributed by atoms with E-state index >= 15 is 0 Å². The Kier molecular flexibility index (Phi) is 4.65. The summed E-state index contributed by atoms with van der Waals surface area (Å²) in [5, 5.41) is 3.92.